The van der Waals surface area contributed by atoms with Crippen LogP contribution < -0.4 is 5.32 Å². The maximum Gasteiger partial charge on any atom is 0.356 e. The lowest BCUT2D eigenvalue weighted by Gasteiger charge is -2.12. The van der Waals surface area contributed by atoms with Crippen molar-refractivity contribution < 1.29 is 14.7 Å². The molecule has 0 aromatic carbocycles. The second-order valence-electron chi connectivity index (χ2n) is 4.73. The number of carbonyl (C=O) groups is 2. The van der Waals surface area contributed by atoms with Crippen molar-refractivity contribution in [3.63, 3.8) is 0 Å². The third-order valence-electron chi connectivity index (χ3n) is 3.07. The van der Waals surface area contributed by atoms with Gasteiger partial charge in [-0.05, 0) is 35.3 Å². The van der Waals surface area contributed by atoms with Crippen LogP contribution in [0, 0.1) is 0 Å². The molecule has 22 heavy (non-hydrogen) atoms. The van der Waals surface area contributed by atoms with Crippen LogP contribution in [0.3, 0.4) is 0 Å². The minimum absolute atomic E-state index is 0.0797. The molecule has 0 aliphatic rings. The molecule has 0 aliphatic heterocycles. The van der Waals surface area contributed by atoms with E-state index < -0.39 is 12.0 Å². The topological polar surface area (TPSA) is 102 Å². The number of halogens is 1. The number of amides is 1. The van der Waals surface area contributed by atoms with Crippen molar-refractivity contribution in [2.24, 2.45) is 0 Å². The molecule has 0 bridgehead atoms. The SMILES string of the molecule is CC(C(=O)NCCCn1cc(Br)cn1)n1ccc(C(=O)O)n1. The number of nitrogens with one attached hydrogen (secondary N) is 1. The first-order valence-corrected chi connectivity index (χ1v) is 7.51. The van der Waals surface area contributed by atoms with E-state index in [-0.39, 0.29) is 11.6 Å². The van der Waals surface area contributed by atoms with Gasteiger partial charge in [-0.2, -0.15) is 10.2 Å². The number of nitrogens with zero attached hydrogens (tertiary/aromatic N) is 4. The van der Waals surface area contributed by atoms with E-state index in [0.717, 1.165) is 10.9 Å². The first-order chi connectivity index (χ1) is 10.5. The number of aromatic carboxylic acids is 1. The van der Waals surface area contributed by atoms with Crippen molar-refractivity contribution in [2.45, 2.75) is 25.9 Å². The van der Waals surface area contributed by atoms with Gasteiger partial charge >= 0.3 is 5.97 Å². The van der Waals surface area contributed by atoms with Crippen LogP contribution in [0.5, 0.6) is 0 Å². The normalized spacial score (nSPS) is 12.1. The van der Waals surface area contributed by atoms with E-state index in [1.165, 1.54) is 16.9 Å². The summed E-state index contributed by atoms with van der Waals surface area (Å²) in [5.74, 6) is -1.32. The molecule has 0 fully saturated rings. The quantitative estimate of drug-likeness (QED) is 0.716. The molecule has 0 aliphatic carbocycles. The predicted molar refractivity (Wildman–Crippen MR) is 81.5 cm³/mol. The molecule has 8 nitrogen and oxygen atoms in total. The van der Waals surface area contributed by atoms with Crippen molar-refractivity contribution in [1.29, 1.82) is 0 Å². The minimum Gasteiger partial charge on any atom is -0.476 e. The Labute approximate surface area is 135 Å². The zero-order chi connectivity index (χ0) is 16.1. The molecule has 2 aromatic rings. The number of aryl methyl sites for hydroxylation is 1. The Morgan fingerprint density at radius 1 is 1.50 bits per heavy atom. The van der Waals surface area contributed by atoms with E-state index in [1.807, 2.05) is 6.20 Å². The molecule has 1 unspecified atom stereocenters. The maximum absolute atomic E-state index is 12.0. The summed E-state index contributed by atoms with van der Waals surface area (Å²) in [5, 5.41) is 19.6. The highest BCUT2D eigenvalue weighted by atomic mass is 79.9. The van der Waals surface area contributed by atoms with Gasteiger partial charge in [0.25, 0.3) is 0 Å². The fourth-order valence-electron chi connectivity index (χ4n) is 1.85. The number of carboxylic acid groups (broad SMARTS) is 1. The van der Waals surface area contributed by atoms with Crippen LogP contribution >= 0.6 is 15.9 Å². The Morgan fingerprint density at radius 2 is 2.27 bits per heavy atom. The number of carboxylic acids is 1. The van der Waals surface area contributed by atoms with Gasteiger partial charge in [0.1, 0.15) is 6.04 Å². The highest BCUT2D eigenvalue weighted by Gasteiger charge is 2.17. The third kappa shape index (κ3) is 4.17. The molecule has 0 spiro atoms. The summed E-state index contributed by atoms with van der Waals surface area (Å²) in [6.07, 6.45) is 5.79. The summed E-state index contributed by atoms with van der Waals surface area (Å²) >= 11 is 3.32. The summed E-state index contributed by atoms with van der Waals surface area (Å²) in [6.45, 7) is 2.87. The van der Waals surface area contributed by atoms with E-state index in [1.54, 1.807) is 17.8 Å². The van der Waals surface area contributed by atoms with Crippen LogP contribution in [0.4, 0.5) is 0 Å². The molecule has 0 saturated heterocycles. The van der Waals surface area contributed by atoms with Gasteiger partial charge in [0, 0.05) is 25.5 Å². The molecule has 2 rings (SSSR count). The van der Waals surface area contributed by atoms with Gasteiger partial charge < -0.3 is 10.4 Å². The minimum atomic E-state index is -1.11. The van der Waals surface area contributed by atoms with Crippen molar-refractivity contribution >= 4 is 27.8 Å². The van der Waals surface area contributed by atoms with E-state index in [9.17, 15) is 9.59 Å². The smallest absolute Gasteiger partial charge is 0.356 e. The molecule has 0 saturated carbocycles. The Morgan fingerprint density at radius 3 is 2.86 bits per heavy atom. The lowest BCUT2D eigenvalue weighted by Crippen LogP contribution is -2.32. The summed E-state index contributed by atoms with van der Waals surface area (Å²) < 4.78 is 4.04. The van der Waals surface area contributed by atoms with E-state index in [0.29, 0.717) is 13.1 Å². The third-order valence-corrected chi connectivity index (χ3v) is 3.48. The summed E-state index contributed by atoms with van der Waals surface area (Å²) in [5.41, 5.74) is -0.0797. The van der Waals surface area contributed by atoms with Crippen molar-refractivity contribution in [2.75, 3.05) is 6.54 Å². The van der Waals surface area contributed by atoms with E-state index in [2.05, 4.69) is 31.4 Å². The molecule has 2 aromatic heterocycles. The van der Waals surface area contributed by atoms with Gasteiger partial charge in [-0.25, -0.2) is 4.79 Å². The van der Waals surface area contributed by atoms with Gasteiger partial charge in [0.05, 0.1) is 10.7 Å². The molecule has 2 N–H and O–H groups in total. The number of aromatic nitrogens is 4. The molecule has 0 radical (unpaired) electrons. The number of rotatable bonds is 7. The number of hydrogen-bond donors (Lipinski definition) is 2. The van der Waals surface area contributed by atoms with Crippen molar-refractivity contribution in [1.82, 2.24) is 24.9 Å². The molecule has 1 atom stereocenters. The van der Waals surface area contributed by atoms with E-state index >= 15 is 0 Å². The van der Waals surface area contributed by atoms with Crippen LogP contribution in [0.2, 0.25) is 0 Å². The van der Waals surface area contributed by atoms with Gasteiger partial charge in [-0.3, -0.25) is 14.2 Å². The number of hydrogen-bond acceptors (Lipinski definition) is 4. The Hall–Kier alpha value is -2.16. The molecular formula is C13H16BrN5O3. The summed E-state index contributed by atoms with van der Waals surface area (Å²) in [4.78, 5) is 22.8. The number of carbonyl (C=O) groups excluding carboxylic acids is 1. The van der Waals surface area contributed by atoms with Crippen molar-refractivity contribution in [3.8, 4) is 0 Å². The van der Waals surface area contributed by atoms with Gasteiger partial charge in [0.2, 0.25) is 5.91 Å². The van der Waals surface area contributed by atoms with Gasteiger partial charge in [0.15, 0.2) is 5.69 Å². The standard InChI is InChI=1S/C13H16BrN5O3/c1-9(19-6-3-11(17-19)13(21)22)12(20)15-4-2-5-18-8-10(14)7-16-18/h3,6-9H,2,4-5H2,1H3,(H,15,20)(H,21,22). The molecule has 118 valence electrons. The Bertz CT molecular complexity index is 666. The van der Waals surface area contributed by atoms with Crippen LogP contribution in [0.15, 0.2) is 29.1 Å². The lowest BCUT2D eigenvalue weighted by atomic mass is 10.3. The van der Waals surface area contributed by atoms with Crippen molar-refractivity contribution in [3.05, 3.63) is 34.8 Å². The van der Waals surface area contributed by atoms with Crippen LogP contribution in [-0.2, 0) is 11.3 Å². The van der Waals surface area contributed by atoms with Crippen LogP contribution in [-0.4, -0.2) is 43.1 Å². The maximum atomic E-state index is 12.0. The van der Waals surface area contributed by atoms with Crippen LogP contribution in [0.1, 0.15) is 29.9 Å². The van der Waals surface area contributed by atoms with Gasteiger partial charge in [-0.15, -0.1) is 0 Å². The van der Waals surface area contributed by atoms with E-state index in [4.69, 9.17) is 5.11 Å². The second-order valence-corrected chi connectivity index (χ2v) is 5.64. The Balaban J connectivity index is 1.77. The predicted octanol–water partition coefficient (Wildman–Crippen LogP) is 1.31. The zero-order valence-electron chi connectivity index (χ0n) is 11.9. The average molecular weight is 370 g/mol. The fourth-order valence-corrected chi connectivity index (χ4v) is 2.18. The highest BCUT2D eigenvalue weighted by molar-refractivity contribution is 9.10. The van der Waals surface area contributed by atoms with Gasteiger partial charge in [-0.1, -0.05) is 0 Å². The molecule has 2 heterocycles. The largest absolute Gasteiger partial charge is 0.476 e. The monoisotopic (exact) mass is 369 g/mol. The second kappa shape index (κ2) is 7.21. The zero-order valence-corrected chi connectivity index (χ0v) is 13.5. The fraction of sp³-hybridized carbons (Fsp3) is 0.385. The summed E-state index contributed by atoms with van der Waals surface area (Å²) in [6, 6.07) is 0.800. The van der Waals surface area contributed by atoms with Crippen LogP contribution in [0.25, 0.3) is 0 Å². The molecule has 9 heteroatoms. The Kier molecular flexibility index (Phi) is 5.31. The summed E-state index contributed by atoms with van der Waals surface area (Å²) in [7, 11) is 0. The first-order valence-electron chi connectivity index (χ1n) is 6.71. The first kappa shape index (κ1) is 16.2. The molecule has 1 amide bonds. The molecular weight excluding hydrogens is 354 g/mol. The lowest BCUT2D eigenvalue weighted by molar-refractivity contribution is -0.124. The average Bonchev–Trinajstić information content (AvgIpc) is 3.11. The highest BCUT2D eigenvalue weighted by Crippen LogP contribution is 2.07.